The van der Waals surface area contributed by atoms with E-state index in [1.807, 2.05) is 4.90 Å². The normalized spacial score (nSPS) is 18.9. The number of nitriles is 1. The van der Waals surface area contributed by atoms with Gasteiger partial charge in [-0.25, -0.2) is 0 Å². The Kier molecular flexibility index (Phi) is 3.83. The SMILES string of the molecule is CC(C)(C#N)C(=O)N1CCN(C(C)(C)C)CC1. The van der Waals surface area contributed by atoms with E-state index in [1.165, 1.54) is 0 Å². The number of carbonyl (C=O) groups excluding carboxylic acids is 1. The molecular formula is C13H23N3O. The highest BCUT2D eigenvalue weighted by Crippen LogP contribution is 2.21. The smallest absolute Gasteiger partial charge is 0.242 e. The molecule has 1 fully saturated rings. The van der Waals surface area contributed by atoms with E-state index in [0.717, 1.165) is 26.2 Å². The summed E-state index contributed by atoms with van der Waals surface area (Å²) in [5, 5.41) is 8.97. The minimum Gasteiger partial charge on any atom is -0.339 e. The maximum atomic E-state index is 12.1. The number of hydrogen-bond acceptors (Lipinski definition) is 3. The molecule has 0 aliphatic carbocycles. The Morgan fingerprint density at radius 1 is 1.06 bits per heavy atom. The molecule has 0 bridgehead atoms. The van der Waals surface area contributed by atoms with Crippen molar-refractivity contribution in [3.63, 3.8) is 0 Å². The maximum Gasteiger partial charge on any atom is 0.242 e. The van der Waals surface area contributed by atoms with Gasteiger partial charge in [0.25, 0.3) is 0 Å². The summed E-state index contributed by atoms with van der Waals surface area (Å²) in [7, 11) is 0. The van der Waals surface area contributed by atoms with Crippen molar-refractivity contribution in [2.75, 3.05) is 26.2 Å². The topological polar surface area (TPSA) is 47.3 Å². The first-order chi connectivity index (χ1) is 7.68. The second-order valence-corrected chi connectivity index (χ2v) is 6.19. The Balaban J connectivity index is 2.60. The highest BCUT2D eigenvalue weighted by Gasteiger charge is 2.35. The fourth-order valence-electron chi connectivity index (χ4n) is 2.02. The first kappa shape index (κ1) is 14.0. The van der Waals surface area contributed by atoms with Crippen LogP contribution in [0.3, 0.4) is 0 Å². The van der Waals surface area contributed by atoms with Gasteiger partial charge >= 0.3 is 0 Å². The zero-order chi connectivity index (χ0) is 13.3. The number of carbonyl (C=O) groups is 1. The van der Waals surface area contributed by atoms with E-state index in [0.29, 0.717) is 0 Å². The highest BCUT2D eigenvalue weighted by molar-refractivity contribution is 5.84. The van der Waals surface area contributed by atoms with Gasteiger partial charge in [-0.2, -0.15) is 5.26 Å². The summed E-state index contributed by atoms with van der Waals surface area (Å²) in [6.07, 6.45) is 0. The van der Waals surface area contributed by atoms with Crippen molar-refractivity contribution in [3.8, 4) is 6.07 Å². The summed E-state index contributed by atoms with van der Waals surface area (Å²) < 4.78 is 0. The summed E-state index contributed by atoms with van der Waals surface area (Å²) in [6, 6.07) is 2.08. The zero-order valence-corrected chi connectivity index (χ0v) is 11.6. The Morgan fingerprint density at radius 2 is 1.53 bits per heavy atom. The fourth-order valence-corrected chi connectivity index (χ4v) is 2.02. The molecule has 0 spiro atoms. The Morgan fingerprint density at radius 3 is 1.88 bits per heavy atom. The molecule has 4 heteroatoms. The molecule has 0 atom stereocenters. The van der Waals surface area contributed by atoms with E-state index >= 15 is 0 Å². The van der Waals surface area contributed by atoms with Gasteiger partial charge in [0.2, 0.25) is 5.91 Å². The molecule has 1 aliphatic heterocycles. The lowest BCUT2D eigenvalue weighted by Gasteiger charge is -2.43. The third-order valence-electron chi connectivity index (χ3n) is 3.33. The summed E-state index contributed by atoms with van der Waals surface area (Å²) in [6.45, 7) is 13.1. The van der Waals surface area contributed by atoms with Gasteiger partial charge in [0.1, 0.15) is 5.41 Å². The summed E-state index contributed by atoms with van der Waals surface area (Å²) in [5.41, 5.74) is -0.746. The van der Waals surface area contributed by atoms with Gasteiger partial charge in [0, 0.05) is 31.7 Å². The fraction of sp³-hybridized carbons (Fsp3) is 0.846. The van der Waals surface area contributed by atoms with Crippen LogP contribution < -0.4 is 0 Å². The standard InChI is InChI=1S/C13H23N3O/c1-12(2,3)16-8-6-15(7-9-16)11(17)13(4,5)10-14/h6-9H2,1-5H3. The van der Waals surface area contributed by atoms with Crippen molar-refractivity contribution in [1.29, 1.82) is 5.26 Å². The second-order valence-electron chi connectivity index (χ2n) is 6.19. The summed E-state index contributed by atoms with van der Waals surface area (Å²) in [4.78, 5) is 16.3. The van der Waals surface area contributed by atoms with Gasteiger partial charge in [0.15, 0.2) is 0 Å². The third-order valence-corrected chi connectivity index (χ3v) is 3.33. The Bertz CT molecular complexity index is 328. The van der Waals surface area contributed by atoms with Crippen molar-refractivity contribution < 1.29 is 4.79 Å². The molecule has 17 heavy (non-hydrogen) atoms. The molecule has 1 saturated heterocycles. The molecule has 0 aromatic rings. The molecule has 0 aromatic carbocycles. The number of piperazine rings is 1. The largest absolute Gasteiger partial charge is 0.339 e. The predicted molar refractivity (Wildman–Crippen MR) is 67.3 cm³/mol. The third kappa shape index (κ3) is 3.19. The van der Waals surface area contributed by atoms with Crippen LogP contribution >= 0.6 is 0 Å². The van der Waals surface area contributed by atoms with E-state index in [-0.39, 0.29) is 11.4 Å². The van der Waals surface area contributed by atoms with Crippen LogP contribution in [0.2, 0.25) is 0 Å². The van der Waals surface area contributed by atoms with Crippen molar-refractivity contribution >= 4 is 5.91 Å². The van der Waals surface area contributed by atoms with Crippen LogP contribution in [-0.4, -0.2) is 47.4 Å². The molecule has 0 aromatic heterocycles. The number of hydrogen-bond donors (Lipinski definition) is 0. The Hall–Kier alpha value is -1.08. The van der Waals surface area contributed by atoms with Crippen molar-refractivity contribution in [2.45, 2.75) is 40.2 Å². The van der Waals surface area contributed by atoms with Gasteiger partial charge in [0.05, 0.1) is 6.07 Å². The number of rotatable bonds is 1. The van der Waals surface area contributed by atoms with Crippen LogP contribution in [0.4, 0.5) is 0 Å². The lowest BCUT2D eigenvalue weighted by atomic mass is 9.93. The molecule has 1 heterocycles. The highest BCUT2D eigenvalue weighted by atomic mass is 16.2. The molecular weight excluding hydrogens is 214 g/mol. The van der Waals surface area contributed by atoms with Crippen molar-refractivity contribution in [1.82, 2.24) is 9.80 Å². The Labute approximate surface area is 104 Å². The van der Waals surface area contributed by atoms with Gasteiger partial charge < -0.3 is 4.90 Å². The number of nitrogens with zero attached hydrogens (tertiary/aromatic N) is 3. The molecule has 1 rings (SSSR count). The first-order valence-corrected chi connectivity index (χ1v) is 6.14. The van der Waals surface area contributed by atoms with Crippen LogP contribution in [-0.2, 0) is 4.79 Å². The van der Waals surface area contributed by atoms with E-state index in [2.05, 4.69) is 31.7 Å². The quantitative estimate of drug-likeness (QED) is 0.694. The van der Waals surface area contributed by atoms with Crippen LogP contribution in [0.5, 0.6) is 0 Å². The molecule has 0 radical (unpaired) electrons. The molecule has 0 N–H and O–H groups in total. The van der Waals surface area contributed by atoms with E-state index < -0.39 is 5.41 Å². The zero-order valence-electron chi connectivity index (χ0n) is 11.6. The number of amides is 1. The molecule has 0 unspecified atom stereocenters. The van der Waals surface area contributed by atoms with E-state index in [9.17, 15) is 4.79 Å². The van der Waals surface area contributed by atoms with E-state index in [1.54, 1.807) is 13.8 Å². The minimum absolute atomic E-state index is 0.0476. The van der Waals surface area contributed by atoms with Crippen LogP contribution in [0.1, 0.15) is 34.6 Å². The van der Waals surface area contributed by atoms with Crippen LogP contribution in [0, 0.1) is 16.7 Å². The molecule has 96 valence electrons. The average molecular weight is 237 g/mol. The second kappa shape index (κ2) is 4.66. The van der Waals surface area contributed by atoms with E-state index in [4.69, 9.17) is 5.26 Å². The first-order valence-electron chi connectivity index (χ1n) is 6.14. The van der Waals surface area contributed by atoms with Gasteiger partial charge in [-0.05, 0) is 34.6 Å². The molecule has 1 amide bonds. The minimum atomic E-state index is -0.899. The van der Waals surface area contributed by atoms with Crippen LogP contribution in [0.25, 0.3) is 0 Å². The lowest BCUT2D eigenvalue weighted by molar-refractivity contribution is -0.140. The molecule has 0 saturated carbocycles. The lowest BCUT2D eigenvalue weighted by Crippen LogP contribution is -2.56. The average Bonchev–Trinajstić information content (AvgIpc) is 2.27. The monoisotopic (exact) mass is 237 g/mol. The molecule has 4 nitrogen and oxygen atoms in total. The summed E-state index contributed by atoms with van der Waals surface area (Å²) in [5.74, 6) is -0.0476. The van der Waals surface area contributed by atoms with Crippen molar-refractivity contribution in [3.05, 3.63) is 0 Å². The van der Waals surface area contributed by atoms with Gasteiger partial charge in [-0.1, -0.05) is 0 Å². The summed E-state index contributed by atoms with van der Waals surface area (Å²) >= 11 is 0. The van der Waals surface area contributed by atoms with Gasteiger partial charge in [-0.3, -0.25) is 9.69 Å². The molecule has 1 aliphatic rings. The van der Waals surface area contributed by atoms with Gasteiger partial charge in [-0.15, -0.1) is 0 Å². The van der Waals surface area contributed by atoms with Crippen LogP contribution in [0.15, 0.2) is 0 Å². The van der Waals surface area contributed by atoms with Crippen molar-refractivity contribution in [2.24, 2.45) is 5.41 Å². The maximum absolute atomic E-state index is 12.1. The predicted octanol–water partition coefficient (Wildman–Crippen LogP) is 1.48.